The number of aromatic nitrogens is 1. The largest absolute Gasteiger partial charge is 0.361 e. The van der Waals surface area contributed by atoms with Gasteiger partial charge in [-0.1, -0.05) is 43.1 Å². The minimum atomic E-state index is -0.290. The molecule has 6 heteroatoms. The predicted octanol–water partition coefficient (Wildman–Crippen LogP) is 5.05. The lowest BCUT2D eigenvalue weighted by molar-refractivity contribution is -0.128. The number of para-hydroxylation sites is 1. The number of H-pyrrole nitrogens is 1. The summed E-state index contributed by atoms with van der Waals surface area (Å²) in [5, 5.41) is 1.78. The lowest BCUT2D eigenvalue weighted by Gasteiger charge is -2.25. The standard InChI is InChI=1S/C25H28ClN3O2/c1-2-3-12-29(21-7-5-4-6-8-21)25(31)19-14-24(30)28(17-19)13-11-18-16-27-23-10-9-20(26)15-22(18)23/h4-10,15-16,19,27H,2-3,11-14,17H2,1H3. The van der Waals surface area contributed by atoms with Crippen LogP contribution in [0, 0.1) is 5.92 Å². The van der Waals surface area contributed by atoms with Crippen molar-refractivity contribution in [2.75, 3.05) is 24.5 Å². The van der Waals surface area contributed by atoms with E-state index in [9.17, 15) is 9.59 Å². The number of benzene rings is 2. The van der Waals surface area contributed by atoms with Crippen LogP contribution in [0.3, 0.4) is 0 Å². The van der Waals surface area contributed by atoms with Crippen LogP contribution < -0.4 is 4.90 Å². The Bertz CT molecular complexity index is 1060. The van der Waals surface area contributed by atoms with Gasteiger partial charge in [0.25, 0.3) is 0 Å². The number of halogens is 1. The van der Waals surface area contributed by atoms with Gasteiger partial charge in [0, 0.05) is 53.9 Å². The molecule has 1 aromatic heterocycles. The molecule has 0 saturated carbocycles. The van der Waals surface area contributed by atoms with Gasteiger partial charge in [-0.3, -0.25) is 9.59 Å². The number of carbonyl (C=O) groups excluding carboxylic acids is 2. The molecule has 4 rings (SSSR count). The quantitative estimate of drug-likeness (QED) is 0.536. The average molecular weight is 438 g/mol. The Labute approximate surface area is 188 Å². The SMILES string of the molecule is CCCCN(C(=O)C1CC(=O)N(CCc2c[nH]c3ccc(Cl)cc23)C1)c1ccccc1. The molecule has 1 aliphatic rings. The fourth-order valence-corrected chi connectivity index (χ4v) is 4.45. The number of nitrogens with zero attached hydrogens (tertiary/aromatic N) is 2. The molecule has 1 atom stereocenters. The first-order chi connectivity index (χ1) is 15.1. The van der Waals surface area contributed by atoms with E-state index in [1.165, 1.54) is 0 Å². The molecule has 2 amide bonds. The first-order valence-corrected chi connectivity index (χ1v) is 11.3. The molecule has 0 spiro atoms. The number of hydrogen-bond acceptors (Lipinski definition) is 2. The number of nitrogens with one attached hydrogen (secondary N) is 1. The summed E-state index contributed by atoms with van der Waals surface area (Å²) in [4.78, 5) is 32.9. The Morgan fingerprint density at radius 2 is 2.03 bits per heavy atom. The van der Waals surface area contributed by atoms with Crippen molar-refractivity contribution in [2.45, 2.75) is 32.6 Å². The molecule has 5 nitrogen and oxygen atoms in total. The number of carbonyl (C=O) groups is 2. The number of likely N-dealkylation sites (tertiary alicyclic amines) is 1. The summed E-state index contributed by atoms with van der Waals surface area (Å²) in [5.41, 5.74) is 3.08. The van der Waals surface area contributed by atoms with Crippen LogP contribution in [-0.4, -0.2) is 41.3 Å². The van der Waals surface area contributed by atoms with Crippen LogP contribution in [0.25, 0.3) is 10.9 Å². The van der Waals surface area contributed by atoms with E-state index < -0.39 is 0 Å². The Kier molecular flexibility index (Phi) is 6.62. The van der Waals surface area contributed by atoms with E-state index in [0.29, 0.717) is 24.7 Å². The van der Waals surface area contributed by atoms with Crippen LogP contribution in [0.1, 0.15) is 31.7 Å². The van der Waals surface area contributed by atoms with E-state index in [-0.39, 0.29) is 24.2 Å². The molecular weight excluding hydrogens is 410 g/mol. The van der Waals surface area contributed by atoms with Crippen molar-refractivity contribution in [3.05, 3.63) is 65.3 Å². The van der Waals surface area contributed by atoms with Gasteiger partial charge in [0.2, 0.25) is 11.8 Å². The Hall–Kier alpha value is -2.79. The number of rotatable bonds is 8. The van der Waals surface area contributed by atoms with Crippen LogP contribution in [0.4, 0.5) is 5.69 Å². The van der Waals surface area contributed by atoms with Gasteiger partial charge >= 0.3 is 0 Å². The minimum absolute atomic E-state index is 0.0503. The van der Waals surface area contributed by atoms with E-state index in [2.05, 4.69) is 11.9 Å². The number of amides is 2. The van der Waals surface area contributed by atoms with Gasteiger partial charge in [0.05, 0.1) is 5.92 Å². The van der Waals surface area contributed by atoms with E-state index in [0.717, 1.165) is 41.4 Å². The third-order valence-corrected chi connectivity index (χ3v) is 6.25. The molecule has 0 radical (unpaired) electrons. The van der Waals surface area contributed by atoms with Gasteiger partial charge in [-0.2, -0.15) is 0 Å². The van der Waals surface area contributed by atoms with Crippen LogP contribution in [0.2, 0.25) is 5.02 Å². The highest BCUT2D eigenvalue weighted by Gasteiger charge is 2.36. The number of unbranched alkanes of at least 4 members (excludes halogenated alkanes) is 1. The van der Waals surface area contributed by atoms with Crippen molar-refractivity contribution < 1.29 is 9.59 Å². The van der Waals surface area contributed by atoms with Crippen molar-refractivity contribution in [2.24, 2.45) is 5.92 Å². The van der Waals surface area contributed by atoms with Crippen LogP contribution >= 0.6 is 11.6 Å². The molecule has 1 N–H and O–H groups in total. The van der Waals surface area contributed by atoms with E-state index >= 15 is 0 Å². The molecule has 2 heterocycles. The molecule has 31 heavy (non-hydrogen) atoms. The highest BCUT2D eigenvalue weighted by atomic mass is 35.5. The van der Waals surface area contributed by atoms with Crippen molar-refractivity contribution >= 4 is 40.0 Å². The van der Waals surface area contributed by atoms with Crippen molar-refractivity contribution in [3.63, 3.8) is 0 Å². The Morgan fingerprint density at radius 1 is 1.23 bits per heavy atom. The van der Waals surface area contributed by atoms with Crippen LogP contribution in [0.5, 0.6) is 0 Å². The highest BCUT2D eigenvalue weighted by molar-refractivity contribution is 6.31. The zero-order valence-electron chi connectivity index (χ0n) is 17.8. The van der Waals surface area contributed by atoms with Gasteiger partial charge in [0.1, 0.15) is 0 Å². The normalized spacial score (nSPS) is 16.3. The highest BCUT2D eigenvalue weighted by Crippen LogP contribution is 2.26. The van der Waals surface area contributed by atoms with Gasteiger partial charge in [-0.15, -0.1) is 0 Å². The minimum Gasteiger partial charge on any atom is -0.361 e. The molecule has 3 aromatic rings. The lowest BCUT2D eigenvalue weighted by Crippen LogP contribution is -2.38. The molecule has 1 saturated heterocycles. The van der Waals surface area contributed by atoms with Gasteiger partial charge < -0.3 is 14.8 Å². The number of anilines is 1. The molecule has 2 aromatic carbocycles. The zero-order chi connectivity index (χ0) is 21.8. The topological polar surface area (TPSA) is 56.4 Å². The van der Waals surface area contributed by atoms with Gasteiger partial charge in [-0.25, -0.2) is 0 Å². The molecule has 162 valence electrons. The summed E-state index contributed by atoms with van der Waals surface area (Å²) >= 11 is 6.15. The fraction of sp³-hybridized carbons (Fsp3) is 0.360. The zero-order valence-corrected chi connectivity index (χ0v) is 18.6. The number of hydrogen-bond donors (Lipinski definition) is 1. The maximum absolute atomic E-state index is 13.3. The van der Waals surface area contributed by atoms with E-state index in [1.54, 1.807) is 0 Å². The van der Waals surface area contributed by atoms with Crippen molar-refractivity contribution in [3.8, 4) is 0 Å². The van der Waals surface area contributed by atoms with E-state index in [4.69, 9.17) is 11.6 Å². The summed E-state index contributed by atoms with van der Waals surface area (Å²) in [6.07, 6.45) is 4.94. The first kappa shape index (κ1) is 21.4. The second-order valence-electron chi connectivity index (χ2n) is 8.17. The van der Waals surface area contributed by atoms with E-state index in [1.807, 2.05) is 64.5 Å². The lowest BCUT2D eigenvalue weighted by atomic mass is 10.1. The molecule has 1 aliphatic heterocycles. The van der Waals surface area contributed by atoms with Crippen LogP contribution in [0.15, 0.2) is 54.7 Å². The average Bonchev–Trinajstić information content (AvgIpc) is 3.35. The van der Waals surface area contributed by atoms with Crippen LogP contribution in [-0.2, 0) is 16.0 Å². The Balaban J connectivity index is 1.43. The van der Waals surface area contributed by atoms with Crippen molar-refractivity contribution in [1.82, 2.24) is 9.88 Å². The maximum atomic E-state index is 13.3. The summed E-state index contributed by atoms with van der Waals surface area (Å²) in [6, 6.07) is 15.5. The smallest absolute Gasteiger partial charge is 0.232 e. The summed E-state index contributed by atoms with van der Waals surface area (Å²) in [5.74, 6) is -0.184. The van der Waals surface area contributed by atoms with Gasteiger partial charge in [0.15, 0.2) is 0 Å². The fourth-order valence-electron chi connectivity index (χ4n) is 4.28. The predicted molar refractivity (Wildman–Crippen MR) is 125 cm³/mol. The first-order valence-electron chi connectivity index (χ1n) is 11.0. The van der Waals surface area contributed by atoms with Gasteiger partial charge in [-0.05, 0) is 48.7 Å². The molecule has 1 unspecified atom stereocenters. The Morgan fingerprint density at radius 3 is 2.81 bits per heavy atom. The third-order valence-electron chi connectivity index (χ3n) is 6.01. The summed E-state index contributed by atoms with van der Waals surface area (Å²) in [6.45, 7) is 3.88. The third kappa shape index (κ3) is 4.77. The van der Waals surface area contributed by atoms with Crippen molar-refractivity contribution in [1.29, 1.82) is 0 Å². The number of aromatic amines is 1. The summed E-state index contributed by atoms with van der Waals surface area (Å²) < 4.78 is 0. The molecule has 0 bridgehead atoms. The summed E-state index contributed by atoms with van der Waals surface area (Å²) in [7, 11) is 0. The monoisotopic (exact) mass is 437 g/mol. The molecule has 1 fully saturated rings. The molecule has 0 aliphatic carbocycles. The maximum Gasteiger partial charge on any atom is 0.232 e. The second-order valence-corrected chi connectivity index (χ2v) is 8.61. The number of fused-ring (bicyclic) bond motifs is 1. The molecular formula is C25H28ClN3O2. The second kappa shape index (κ2) is 9.56.